The molecule has 116 valence electrons. The van der Waals surface area contributed by atoms with Crippen molar-refractivity contribution in [3.63, 3.8) is 0 Å². The minimum atomic E-state index is -0.296. The van der Waals surface area contributed by atoms with E-state index in [1.165, 1.54) is 0 Å². The van der Waals surface area contributed by atoms with Gasteiger partial charge in [0, 0.05) is 24.3 Å². The molecule has 2 rings (SSSR count). The molecular formula is C16H24ClN3O. The molecule has 0 saturated heterocycles. The van der Waals surface area contributed by atoms with Crippen molar-refractivity contribution in [2.75, 3.05) is 23.8 Å². The van der Waals surface area contributed by atoms with E-state index in [-0.39, 0.29) is 11.9 Å². The van der Waals surface area contributed by atoms with Crippen molar-refractivity contribution >= 4 is 28.9 Å². The molecule has 0 bridgehead atoms. The molecule has 4 nitrogen and oxygen atoms in total. The molecule has 1 atom stereocenters. The van der Waals surface area contributed by atoms with Gasteiger partial charge in [0.1, 0.15) is 6.04 Å². The number of rotatable bonds is 6. The second-order valence-electron chi connectivity index (χ2n) is 5.45. The molecule has 1 heterocycles. The molecule has 1 unspecified atom stereocenters. The van der Waals surface area contributed by atoms with Gasteiger partial charge in [0.25, 0.3) is 0 Å². The predicted octanol–water partition coefficient (Wildman–Crippen LogP) is 3.57. The summed E-state index contributed by atoms with van der Waals surface area (Å²) in [5.74, 6) is -0.00903. The van der Waals surface area contributed by atoms with E-state index in [1.807, 2.05) is 19.1 Å². The Morgan fingerprint density at radius 3 is 2.57 bits per heavy atom. The van der Waals surface area contributed by atoms with Crippen LogP contribution in [0.1, 0.15) is 45.2 Å². The van der Waals surface area contributed by atoms with E-state index >= 15 is 0 Å². The van der Waals surface area contributed by atoms with Gasteiger partial charge < -0.3 is 15.5 Å². The Bertz CT molecular complexity index is 528. The molecular weight excluding hydrogens is 286 g/mol. The summed E-state index contributed by atoms with van der Waals surface area (Å²) < 4.78 is 0. The molecule has 1 aromatic rings. The molecule has 2 N–H and O–H groups in total. The summed E-state index contributed by atoms with van der Waals surface area (Å²) in [7, 11) is 2.06. The highest BCUT2D eigenvalue weighted by Crippen LogP contribution is 2.39. The molecule has 1 aliphatic rings. The molecule has 0 spiro atoms. The number of halogens is 1. The van der Waals surface area contributed by atoms with Crippen molar-refractivity contribution in [2.45, 2.75) is 45.7 Å². The number of carbonyl (C=O) groups is 1. The summed E-state index contributed by atoms with van der Waals surface area (Å²) in [5, 5.41) is 6.83. The van der Waals surface area contributed by atoms with E-state index in [0.29, 0.717) is 11.1 Å². The lowest BCUT2D eigenvalue weighted by atomic mass is 10.1. The Balaban J connectivity index is 2.37. The number of hydrogen-bond donors (Lipinski definition) is 2. The van der Waals surface area contributed by atoms with Crippen molar-refractivity contribution in [1.82, 2.24) is 5.32 Å². The lowest BCUT2D eigenvalue weighted by Gasteiger charge is -2.29. The maximum Gasteiger partial charge on any atom is 0.246 e. The molecule has 0 aromatic heterocycles. The van der Waals surface area contributed by atoms with Gasteiger partial charge in [-0.25, -0.2) is 0 Å². The van der Waals surface area contributed by atoms with E-state index in [0.717, 1.165) is 36.3 Å². The van der Waals surface area contributed by atoms with Gasteiger partial charge in [0.15, 0.2) is 0 Å². The fraction of sp³-hybridized carbons (Fsp3) is 0.562. The first-order valence-electron chi connectivity index (χ1n) is 7.63. The van der Waals surface area contributed by atoms with Crippen molar-refractivity contribution in [3.8, 4) is 0 Å². The Labute approximate surface area is 131 Å². The largest absolute Gasteiger partial charge is 0.370 e. The number of amides is 1. The maximum absolute atomic E-state index is 12.0. The lowest BCUT2D eigenvalue weighted by Crippen LogP contribution is -2.30. The maximum atomic E-state index is 12.0. The first kappa shape index (κ1) is 16.1. The number of likely N-dealkylation sites (N-methyl/N-ethyl adjacent to an activating group) is 1. The smallest absolute Gasteiger partial charge is 0.246 e. The number of hydrogen-bond acceptors (Lipinski definition) is 3. The van der Waals surface area contributed by atoms with E-state index < -0.39 is 0 Å². The van der Waals surface area contributed by atoms with Gasteiger partial charge in [0.2, 0.25) is 5.91 Å². The van der Waals surface area contributed by atoms with Crippen LogP contribution in [-0.4, -0.2) is 25.5 Å². The molecule has 5 heteroatoms. The summed E-state index contributed by atoms with van der Waals surface area (Å²) >= 11 is 6.47. The van der Waals surface area contributed by atoms with Crippen molar-refractivity contribution < 1.29 is 4.79 Å². The van der Waals surface area contributed by atoms with Crippen LogP contribution in [0.4, 0.5) is 11.4 Å². The van der Waals surface area contributed by atoms with Gasteiger partial charge in [-0.15, -0.1) is 0 Å². The predicted molar refractivity (Wildman–Crippen MR) is 89.3 cm³/mol. The second-order valence-corrected chi connectivity index (χ2v) is 5.86. The Morgan fingerprint density at radius 1 is 1.33 bits per heavy atom. The number of nitrogens with one attached hydrogen (secondary N) is 2. The van der Waals surface area contributed by atoms with E-state index in [1.54, 1.807) is 0 Å². The third kappa shape index (κ3) is 3.01. The fourth-order valence-corrected chi connectivity index (χ4v) is 3.29. The topological polar surface area (TPSA) is 44.4 Å². The number of fused-ring (bicyclic) bond motifs is 1. The quantitative estimate of drug-likeness (QED) is 0.844. The summed E-state index contributed by atoms with van der Waals surface area (Å²) in [6.45, 7) is 7.08. The van der Waals surface area contributed by atoms with Crippen molar-refractivity contribution in [1.29, 1.82) is 0 Å². The van der Waals surface area contributed by atoms with Crippen LogP contribution >= 0.6 is 11.6 Å². The molecule has 0 radical (unpaired) electrons. The first-order chi connectivity index (χ1) is 10.0. The third-order valence-corrected chi connectivity index (χ3v) is 4.53. The van der Waals surface area contributed by atoms with E-state index in [4.69, 9.17) is 11.6 Å². The second kappa shape index (κ2) is 6.67. The minimum Gasteiger partial charge on any atom is -0.370 e. The van der Waals surface area contributed by atoms with Crippen LogP contribution in [0.3, 0.4) is 0 Å². The SMILES string of the molecule is CCNC1C(=O)Nc2cc(N(C)C(CC)CC)c(Cl)cc21. The van der Waals surface area contributed by atoms with Crippen molar-refractivity contribution in [3.05, 3.63) is 22.7 Å². The van der Waals surface area contributed by atoms with Crippen LogP contribution in [0.5, 0.6) is 0 Å². The average Bonchev–Trinajstić information content (AvgIpc) is 2.75. The molecule has 0 saturated carbocycles. The number of anilines is 2. The van der Waals surface area contributed by atoms with Crippen LogP contribution in [0.25, 0.3) is 0 Å². The van der Waals surface area contributed by atoms with Gasteiger partial charge in [0.05, 0.1) is 10.7 Å². The standard InChI is InChI=1S/C16H24ClN3O/c1-5-10(6-2)20(4)14-9-13-11(8-12(14)17)15(18-7-3)16(21)19-13/h8-10,15,18H,5-7H2,1-4H3,(H,19,21). The number of benzene rings is 1. The molecule has 1 aliphatic heterocycles. The van der Waals surface area contributed by atoms with Crippen LogP contribution in [0.15, 0.2) is 12.1 Å². The molecule has 1 aromatic carbocycles. The molecule has 0 fully saturated rings. The lowest BCUT2D eigenvalue weighted by molar-refractivity contribution is -0.117. The monoisotopic (exact) mass is 309 g/mol. The van der Waals surface area contributed by atoms with Crippen LogP contribution in [0.2, 0.25) is 5.02 Å². The normalized spacial score (nSPS) is 17.0. The van der Waals surface area contributed by atoms with E-state index in [2.05, 4.69) is 36.4 Å². The average molecular weight is 310 g/mol. The van der Waals surface area contributed by atoms with Crippen LogP contribution < -0.4 is 15.5 Å². The van der Waals surface area contributed by atoms with E-state index in [9.17, 15) is 4.79 Å². The summed E-state index contributed by atoms with van der Waals surface area (Å²) in [5.41, 5.74) is 2.78. The zero-order valence-electron chi connectivity index (χ0n) is 13.2. The van der Waals surface area contributed by atoms with Gasteiger partial charge in [-0.05, 0) is 31.5 Å². The zero-order valence-corrected chi connectivity index (χ0v) is 13.9. The highest BCUT2D eigenvalue weighted by atomic mass is 35.5. The van der Waals surface area contributed by atoms with Gasteiger partial charge in [-0.2, -0.15) is 0 Å². The highest BCUT2D eigenvalue weighted by Gasteiger charge is 2.31. The minimum absolute atomic E-state index is 0.00903. The number of carbonyl (C=O) groups excluding carboxylic acids is 1. The third-order valence-electron chi connectivity index (χ3n) is 4.23. The van der Waals surface area contributed by atoms with Gasteiger partial charge in [-0.3, -0.25) is 4.79 Å². The van der Waals surface area contributed by atoms with Crippen LogP contribution in [0, 0.1) is 0 Å². The van der Waals surface area contributed by atoms with Gasteiger partial charge in [-0.1, -0.05) is 32.4 Å². The molecule has 21 heavy (non-hydrogen) atoms. The molecule has 1 amide bonds. The summed E-state index contributed by atoms with van der Waals surface area (Å²) in [6.07, 6.45) is 2.12. The summed E-state index contributed by atoms with van der Waals surface area (Å²) in [4.78, 5) is 14.2. The highest BCUT2D eigenvalue weighted by molar-refractivity contribution is 6.33. The van der Waals surface area contributed by atoms with Crippen molar-refractivity contribution in [2.24, 2.45) is 0 Å². The first-order valence-corrected chi connectivity index (χ1v) is 8.01. The van der Waals surface area contributed by atoms with Crippen LogP contribution in [-0.2, 0) is 4.79 Å². The Morgan fingerprint density at radius 2 is 2.00 bits per heavy atom. The Hall–Kier alpha value is -1.26. The fourth-order valence-electron chi connectivity index (χ4n) is 2.98. The molecule has 0 aliphatic carbocycles. The summed E-state index contributed by atoms with van der Waals surface area (Å²) in [6, 6.07) is 4.05. The van der Waals surface area contributed by atoms with Gasteiger partial charge >= 0.3 is 0 Å². The number of nitrogens with zero attached hydrogens (tertiary/aromatic N) is 1. The zero-order chi connectivity index (χ0) is 15.6. The Kier molecular flexibility index (Phi) is 5.12.